The van der Waals surface area contributed by atoms with Crippen LogP contribution in [0.3, 0.4) is 0 Å². The number of hydrogen-bond acceptors (Lipinski definition) is 3. The lowest BCUT2D eigenvalue weighted by atomic mass is 9.92. The Morgan fingerprint density at radius 1 is 0.974 bits per heavy atom. The summed E-state index contributed by atoms with van der Waals surface area (Å²) in [5.74, 6) is 1.08. The van der Waals surface area contributed by atoms with Gasteiger partial charge in [0.15, 0.2) is 0 Å². The molecule has 3 aromatic carbocycles. The van der Waals surface area contributed by atoms with E-state index in [0.717, 1.165) is 55.8 Å². The Labute approximate surface area is 225 Å². The smallest absolute Gasteiger partial charge is 0.132 e. The molecule has 0 N–H and O–H groups in total. The summed E-state index contributed by atoms with van der Waals surface area (Å²) in [4.78, 5) is 5.07. The van der Waals surface area contributed by atoms with Crippen LogP contribution in [0.4, 0.5) is 10.1 Å². The van der Waals surface area contributed by atoms with Crippen molar-refractivity contribution >= 4 is 16.6 Å². The molecule has 2 heterocycles. The first-order valence-corrected chi connectivity index (χ1v) is 13.9. The van der Waals surface area contributed by atoms with Crippen molar-refractivity contribution in [3.05, 3.63) is 96.0 Å². The SMILES string of the molecule is C=C(C1CCN(Cc2cccc3c(-c4ccccc4F)nn(C)c23)CC1)N(CC1CC1)c1ccccc1C. The van der Waals surface area contributed by atoms with Crippen molar-refractivity contribution in [2.24, 2.45) is 18.9 Å². The second kappa shape index (κ2) is 10.4. The second-order valence-corrected chi connectivity index (χ2v) is 11.1. The lowest BCUT2D eigenvalue weighted by Gasteiger charge is -2.38. The third-order valence-electron chi connectivity index (χ3n) is 8.42. The van der Waals surface area contributed by atoms with E-state index in [1.807, 2.05) is 23.9 Å². The quantitative estimate of drug-likeness (QED) is 0.249. The van der Waals surface area contributed by atoms with Gasteiger partial charge in [-0.1, -0.05) is 55.1 Å². The van der Waals surface area contributed by atoms with E-state index < -0.39 is 0 Å². The number of piperidine rings is 1. The lowest BCUT2D eigenvalue weighted by molar-refractivity contribution is 0.190. The Hall–Kier alpha value is -3.44. The number of aryl methyl sites for hydroxylation is 2. The van der Waals surface area contributed by atoms with Gasteiger partial charge in [0, 0.05) is 48.4 Å². The van der Waals surface area contributed by atoms with Gasteiger partial charge < -0.3 is 4.90 Å². The average molecular weight is 509 g/mol. The van der Waals surface area contributed by atoms with Gasteiger partial charge in [-0.3, -0.25) is 9.58 Å². The lowest BCUT2D eigenvalue weighted by Crippen LogP contribution is -2.37. The summed E-state index contributed by atoms with van der Waals surface area (Å²) < 4.78 is 16.5. The highest BCUT2D eigenvalue weighted by atomic mass is 19.1. The van der Waals surface area contributed by atoms with Gasteiger partial charge in [-0.2, -0.15) is 5.10 Å². The summed E-state index contributed by atoms with van der Waals surface area (Å²) in [7, 11) is 1.96. The molecule has 0 bridgehead atoms. The minimum Gasteiger partial charge on any atom is -0.345 e. The fourth-order valence-corrected chi connectivity index (χ4v) is 6.08. The highest BCUT2D eigenvalue weighted by Crippen LogP contribution is 2.38. The molecule has 4 aromatic rings. The van der Waals surface area contributed by atoms with E-state index in [9.17, 15) is 4.39 Å². The number of allylic oxidation sites excluding steroid dienone is 1. The number of fused-ring (bicyclic) bond motifs is 1. The van der Waals surface area contributed by atoms with Crippen molar-refractivity contribution < 1.29 is 4.39 Å². The zero-order valence-electron chi connectivity index (χ0n) is 22.5. The van der Waals surface area contributed by atoms with Gasteiger partial charge in [0.2, 0.25) is 0 Å². The van der Waals surface area contributed by atoms with E-state index >= 15 is 0 Å². The largest absolute Gasteiger partial charge is 0.345 e. The Kier molecular flexibility index (Phi) is 6.79. The van der Waals surface area contributed by atoms with Gasteiger partial charge in [-0.05, 0) is 80.9 Å². The Bertz CT molecular complexity index is 1460. The van der Waals surface area contributed by atoms with E-state index in [1.165, 1.54) is 41.4 Å². The molecule has 6 rings (SSSR count). The molecule has 0 spiro atoms. The number of hydrogen-bond donors (Lipinski definition) is 0. The van der Waals surface area contributed by atoms with Gasteiger partial charge >= 0.3 is 0 Å². The summed E-state index contributed by atoms with van der Waals surface area (Å²) >= 11 is 0. The fraction of sp³-hybridized carbons (Fsp3) is 0.364. The molecular formula is C33H37FN4. The van der Waals surface area contributed by atoms with Gasteiger partial charge in [-0.15, -0.1) is 0 Å². The molecule has 0 unspecified atom stereocenters. The van der Waals surface area contributed by atoms with Crippen LogP contribution >= 0.6 is 0 Å². The van der Waals surface area contributed by atoms with Crippen molar-refractivity contribution in [3.8, 4) is 11.3 Å². The molecule has 1 saturated carbocycles. The number of anilines is 1. The molecule has 1 aromatic heterocycles. The molecule has 0 amide bonds. The zero-order chi connectivity index (χ0) is 26.2. The van der Waals surface area contributed by atoms with Crippen LogP contribution in [-0.2, 0) is 13.6 Å². The van der Waals surface area contributed by atoms with Gasteiger partial charge in [0.1, 0.15) is 11.5 Å². The second-order valence-electron chi connectivity index (χ2n) is 11.1. The predicted molar refractivity (Wildman–Crippen MR) is 154 cm³/mol. The maximum absolute atomic E-state index is 14.6. The molecule has 1 aliphatic carbocycles. The number of nitrogens with zero attached hydrogens (tertiary/aromatic N) is 4. The Morgan fingerprint density at radius 2 is 1.71 bits per heavy atom. The predicted octanol–water partition coefficient (Wildman–Crippen LogP) is 7.33. The molecule has 2 fully saturated rings. The maximum atomic E-state index is 14.6. The van der Waals surface area contributed by atoms with Crippen LogP contribution in [0.15, 0.2) is 79.0 Å². The standard InChI is InChI=1S/C33H37FN4/c1-23-9-4-7-14-31(23)38(21-25-15-16-25)24(2)26-17-19-37(20-18-26)22-27-10-8-12-29-32(35-36(3)33(27)29)28-11-5-6-13-30(28)34/h4-14,25-26H,2,15-22H2,1,3H3. The van der Waals surface area contributed by atoms with Gasteiger partial charge in [-0.25, -0.2) is 4.39 Å². The number of benzene rings is 3. The molecular weight excluding hydrogens is 471 g/mol. The van der Waals surface area contributed by atoms with Crippen LogP contribution in [0.25, 0.3) is 22.2 Å². The Balaban J connectivity index is 1.17. The minimum absolute atomic E-state index is 0.235. The number of halogens is 1. The molecule has 4 nitrogen and oxygen atoms in total. The van der Waals surface area contributed by atoms with Crippen LogP contribution in [0, 0.1) is 24.6 Å². The van der Waals surface area contributed by atoms with Crippen molar-refractivity contribution in [3.63, 3.8) is 0 Å². The molecule has 5 heteroatoms. The van der Waals surface area contributed by atoms with Crippen molar-refractivity contribution in [1.29, 1.82) is 0 Å². The molecule has 1 aliphatic heterocycles. The number of likely N-dealkylation sites (tertiary alicyclic amines) is 1. The van der Waals surface area contributed by atoms with Crippen LogP contribution in [0.1, 0.15) is 36.8 Å². The first kappa shape index (κ1) is 24.9. The molecule has 0 radical (unpaired) electrons. The number of rotatable bonds is 8. The van der Waals surface area contributed by atoms with E-state index in [1.54, 1.807) is 6.07 Å². The van der Waals surface area contributed by atoms with E-state index in [-0.39, 0.29) is 5.82 Å². The van der Waals surface area contributed by atoms with E-state index in [4.69, 9.17) is 5.10 Å². The molecule has 38 heavy (non-hydrogen) atoms. The highest BCUT2D eigenvalue weighted by molar-refractivity contribution is 5.95. The summed E-state index contributed by atoms with van der Waals surface area (Å²) in [5.41, 5.74) is 7.53. The molecule has 2 aliphatic rings. The maximum Gasteiger partial charge on any atom is 0.132 e. The van der Waals surface area contributed by atoms with Crippen molar-refractivity contribution in [2.75, 3.05) is 24.5 Å². The molecule has 0 atom stereocenters. The first-order valence-electron chi connectivity index (χ1n) is 13.9. The number of para-hydroxylation sites is 2. The monoisotopic (exact) mass is 508 g/mol. The van der Waals surface area contributed by atoms with Crippen LogP contribution in [0.2, 0.25) is 0 Å². The summed E-state index contributed by atoms with van der Waals surface area (Å²) in [6, 6.07) is 22.0. The number of aromatic nitrogens is 2. The van der Waals surface area contributed by atoms with Gasteiger partial charge in [0.05, 0.1) is 5.52 Å². The van der Waals surface area contributed by atoms with E-state index in [0.29, 0.717) is 17.2 Å². The summed E-state index contributed by atoms with van der Waals surface area (Å²) in [6.45, 7) is 10.9. The van der Waals surface area contributed by atoms with E-state index in [2.05, 4.69) is 65.8 Å². The van der Waals surface area contributed by atoms with Crippen LogP contribution < -0.4 is 4.90 Å². The van der Waals surface area contributed by atoms with Crippen molar-refractivity contribution in [1.82, 2.24) is 14.7 Å². The normalized spacial score (nSPS) is 16.7. The summed E-state index contributed by atoms with van der Waals surface area (Å²) in [5, 5.41) is 5.74. The Morgan fingerprint density at radius 3 is 2.45 bits per heavy atom. The molecule has 196 valence electrons. The van der Waals surface area contributed by atoms with Crippen LogP contribution in [0.5, 0.6) is 0 Å². The van der Waals surface area contributed by atoms with Gasteiger partial charge in [0.25, 0.3) is 0 Å². The highest BCUT2D eigenvalue weighted by Gasteiger charge is 2.30. The minimum atomic E-state index is -0.235. The topological polar surface area (TPSA) is 24.3 Å². The fourth-order valence-electron chi connectivity index (χ4n) is 6.08. The average Bonchev–Trinajstić information content (AvgIpc) is 3.69. The third-order valence-corrected chi connectivity index (χ3v) is 8.42. The zero-order valence-corrected chi connectivity index (χ0v) is 22.5. The van der Waals surface area contributed by atoms with Crippen molar-refractivity contribution in [2.45, 2.75) is 39.2 Å². The molecule has 1 saturated heterocycles. The summed E-state index contributed by atoms with van der Waals surface area (Å²) in [6.07, 6.45) is 4.92. The van der Waals surface area contributed by atoms with Crippen LogP contribution in [-0.4, -0.2) is 34.3 Å². The first-order chi connectivity index (χ1) is 18.5. The third kappa shape index (κ3) is 4.88.